The van der Waals surface area contributed by atoms with Crippen molar-refractivity contribution in [1.82, 2.24) is 15.2 Å². The highest BCUT2D eigenvalue weighted by Gasteiger charge is 2.07. The van der Waals surface area contributed by atoms with Crippen molar-refractivity contribution in [2.24, 2.45) is 0 Å². The van der Waals surface area contributed by atoms with Gasteiger partial charge in [0.2, 0.25) is 5.95 Å². The first-order valence-corrected chi connectivity index (χ1v) is 8.08. The van der Waals surface area contributed by atoms with Crippen LogP contribution in [0.5, 0.6) is 0 Å². The van der Waals surface area contributed by atoms with E-state index in [1.807, 2.05) is 6.07 Å². The highest BCUT2D eigenvalue weighted by atomic mass is 16.5. The maximum atomic E-state index is 11.6. The monoisotopic (exact) mass is 349 g/mol. The molecule has 0 bridgehead atoms. The normalized spacial score (nSPS) is 10.2. The molecule has 0 aliphatic rings. The van der Waals surface area contributed by atoms with Gasteiger partial charge in [-0.3, -0.25) is 0 Å². The number of anilines is 3. The largest absolute Gasteiger partial charge is 0.465 e. The number of carbonyl (C=O) groups is 1. The van der Waals surface area contributed by atoms with Gasteiger partial charge in [0.15, 0.2) is 5.82 Å². The molecule has 0 aliphatic carbocycles. The van der Waals surface area contributed by atoms with Crippen LogP contribution >= 0.6 is 0 Å². The summed E-state index contributed by atoms with van der Waals surface area (Å²) in [6.07, 6.45) is 1.56. The van der Waals surface area contributed by atoms with E-state index in [4.69, 9.17) is 4.74 Å². The molecule has 2 N–H and O–H groups in total. The lowest BCUT2D eigenvalue weighted by Gasteiger charge is -2.08. The standard InChI is InChI=1S/C19H19N5O2/c1-13-6-8-14(9-7-13)11-20-17-12-21-24-19(23-17)22-16-5-3-4-15(10-16)18(25)26-2/h3-10,12H,11H2,1-2H3,(H2,20,22,23,24). The lowest BCUT2D eigenvalue weighted by atomic mass is 10.1. The number of hydrogen-bond acceptors (Lipinski definition) is 7. The number of hydrogen-bond donors (Lipinski definition) is 2. The number of ether oxygens (including phenoxy) is 1. The topological polar surface area (TPSA) is 89.0 Å². The Labute approximate surface area is 151 Å². The van der Waals surface area contributed by atoms with Gasteiger partial charge in [-0.05, 0) is 30.7 Å². The summed E-state index contributed by atoms with van der Waals surface area (Å²) < 4.78 is 4.72. The minimum Gasteiger partial charge on any atom is -0.465 e. The van der Waals surface area contributed by atoms with Gasteiger partial charge >= 0.3 is 5.97 Å². The fourth-order valence-corrected chi connectivity index (χ4v) is 2.31. The second-order valence-corrected chi connectivity index (χ2v) is 5.70. The second-order valence-electron chi connectivity index (χ2n) is 5.70. The Kier molecular flexibility index (Phi) is 5.38. The summed E-state index contributed by atoms with van der Waals surface area (Å²) >= 11 is 0. The number of benzene rings is 2. The van der Waals surface area contributed by atoms with Gasteiger partial charge < -0.3 is 15.4 Å². The van der Waals surface area contributed by atoms with Gasteiger partial charge in [-0.2, -0.15) is 10.1 Å². The van der Waals surface area contributed by atoms with Crippen LogP contribution < -0.4 is 10.6 Å². The second kappa shape index (κ2) is 8.06. The van der Waals surface area contributed by atoms with Gasteiger partial charge in [0, 0.05) is 12.2 Å². The quantitative estimate of drug-likeness (QED) is 0.660. The summed E-state index contributed by atoms with van der Waals surface area (Å²) in [7, 11) is 1.35. The number of aryl methyl sites for hydroxylation is 1. The summed E-state index contributed by atoms with van der Waals surface area (Å²) in [5, 5.41) is 14.2. The highest BCUT2D eigenvalue weighted by molar-refractivity contribution is 5.90. The maximum absolute atomic E-state index is 11.6. The number of carbonyl (C=O) groups excluding carboxylic acids is 1. The lowest BCUT2D eigenvalue weighted by Crippen LogP contribution is -2.06. The first kappa shape index (κ1) is 17.3. The molecule has 0 radical (unpaired) electrons. The van der Waals surface area contributed by atoms with Gasteiger partial charge in [-0.1, -0.05) is 35.9 Å². The van der Waals surface area contributed by atoms with Crippen molar-refractivity contribution in [2.75, 3.05) is 17.7 Å². The van der Waals surface area contributed by atoms with Crippen LogP contribution in [0.1, 0.15) is 21.5 Å². The van der Waals surface area contributed by atoms with Crippen LogP contribution in [0.15, 0.2) is 54.7 Å². The summed E-state index contributed by atoms with van der Waals surface area (Å²) in [6, 6.07) is 15.2. The number of aromatic nitrogens is 3. The molecule has 0 fully saturated rings. The molecule has 132 valence electrons. The predicted molar refractivity (Wildman–Crippen MR) is 99.4 cm³/mol. The summed E-state index contributed by atoms with van der Waals surface area (Å²) in [5.74, 6) is 0.536. The first-order valence-electron chi connectivity index (χ1n) is 8.08. The van der Waals surface area contributed by atoms with Crippen LogP contribution in [0.2, 0.25) is 0 Å². The number of nitrogens with zero attached hydrogens (tertiary/aromatic N) is 3. The van der Waals surface area contributed by atoms with Crippen LogP contribution in [0.25, 0.3) is 0 Å². The Bertz CT molecular complexity index is 896. The molecule has 2 aromatic carbocycles. The van der Waals surface area contributed by atoms with Crippen LogP contribution in [-0.4, -0.2) is 28.3 Å². The molecule has 0 unspecified atom stereocenters. The predicted octanol–water partition coefficient (Wildman–Crippen LogP) is 3.32. The number of methoxy groups -OCH3 is 1. The third kappa shape index (κ3) is 4.54. The van der Waals surface area contributed by atoms with Gasteiger partial charge in [-0.15, -0.1) is 5.10 Å². The van der Waals surface area contributed by atoms with Crippen LogP contribution in [0.3, 0.4) is 0 Å². The highest BCUT2D eigenvalue weighted by Crippen LogP contribution is 2.16. The molecule has 3 rings (SSSR count). The molecular weight excluding hydrogens is 330 g/mol. The van der Waals surface area contributed by atoms with E-state index >= 15 is 0 Å². The Morgan fingerprint density at radius 1 is 1.15 bits per heavy atom. The van der Waals surface area contributed by atoms with E-state index in [-0.39, 0.29) is 0 Å². The third-order valence-electron chi connectivity index (χ3n) is 3.69. The molecule has 0 spiro atoms. The molecule has 0 saturated carbocycles. The van der Waals surface area contributed by atoms with E-state index < -0.39 is 5.97 Å². The number of nitrogens with one attached hydrogen (secondary N) is 2. The molecular formula is C19H19N5O2. The Morgan fingerprint density at radius 2 is 1.96 bits per heavy atom. The fraction of sp³-hybridized carbons (Fsp3) is 0.158. The van der Waals surface area contributed by atoms with Crippen molar-refractivity contribution in [3.05, 3.63) is 71.4 Å². The van der Waals surface area contributed by atoms with Crippen molar-refractivity contribution < 1.29 is 9.53 Å². The van der Waals surface area contributed by atoms with E-state index in [2.05, 4.69) is 57.0 Å². The van der Waals surface area contributed by atoms with Crippen molar-refractivity contribution in [2.45, 2.75) is 13.5 Å². The van der Waals surface area contributed by atoms with Crippen LogP contribution in [0, 0.1) is 6.92 Å². The maximum Gasteiger partial charge on any atom is 0.337 e. The molecule has 26 heavy (non-hydrogen) atoms. The molecule has 7 nitrogen and oxygen atoms in total. The van der Waals surface area contributed by atoms with Gasteiger partial charge in [-0.25, -0.2) is 4.79 Å². The fourth-order valence-electron chi connectivity index (χ4n) is 2.31. The van der Waals surface area contributed by atoms with E-state index in [1.165, 1.54) is 12.7 Å². The molecule has 0 saturated heterocycles. The average molecular weight is 349 g/mol. The van der Waals surface area contributed by atoms with Crippen molar-refractivity contribution in [1.29, 1.82) is 0 Å². The molecule has 0 atom stereocenters. The Balaban J connectivity index is 1.67. The van der Waals surface area contributed by atoms with E-state index in [9.17, 15) is 4.79 Å². The van der Waals surface area contributed by atoms with E-state index in [0.29, 0.717) is 29.6 Å². The molecule has 7 heteroatoms. The van der Waals surface area contributed by atoms with Gasteiger partial charge in [0.1, 0.15) is 0 Å². The molecule has 0 amide bonds. The zero-order valence-corrected chi connectivity index (χ0v) is 14.6. The lowest BCUT2D eigenvalue weighted by molar-refractivity contribution is 0.0601. The summed E-state index contributed by atoms with van der Waals surface area (Å²) in [6.45, 7) is 2.69. The van der Waals surface area contributed by atoms with Crippen molar-refractivity contribution >= 4 is 23.4 Å². The third-order valence-corrected chi connectivity index (χ3v) is 3.69. The van der Waals surface area contributed by atoms with Crippen LogP contribution in [-0.2, 0) is 11.3 Å². The van der Waals surface area contributed by atoms with Gasteiger partial charge in [0.25, 0.3) is 0 Å². The molecule has 1 aromatic heterocycles. The van der Waals surface area contributed by atoms with Crippen molar-refractivity contribution in [3.8, 4) is 0 Å². The molecule has 1 heterocycles. The zero-order chi connectivity index (χ0) is 18.4. The van der Waals surface area contributed by atoms with E-state index in [0.717, 1.165) is 5.56 Å². The molecule has 3 aromatic rings. The SMILES string of the molecule is COC(=O)c1cccc(Nc2nncc(NCc3ccc(C)cc3)n2)c1. The minimum atomic E-state index is -0.402. The summed E-state index contributed by atoms with van der Waals surface area (Å²) in [4.78, 5) is 16.0. The first-order chi connectivity index (χ1) is 12.6. The summed E-state index contributed by atoms with van der Waals surface area (Å²) in [5.41, 5.74) is 3.48. The minimum absolute atomic E-state index is 0.334. The number of esters is 1. The van der Waals surface area contributed by atoms with Gasteiger partial charge in [0.05, 0.1) is 18.9 Å². The zero-order valence-electron chi connectivity index (χ0n) is 14.6. The van der Waals surface area contributed by atoms with Crippen molar-refractivity contribution in [3.63, 3.8) is 0 Å². The van der Waals surface area contributed by atoms with Crippen LogP contribution in [0.4, 0.5) is 17.5 Å². The Hall–Kier alpha value is -3.48. The Morgan fingerprint density at radius 3 is 2.73 bits per heavy atom. The molecule has 0 aliphatic heterocycles. The number of rotatable bonds is 6. The smallest absolute Gasteiger partial charge is 0.337 e. The average Bonchev–Trinajstić information content (AvgIpc) is 2.67. The van der Waals surface area contributed by atoms with E-state index in [1.54, 1.807) is 24.4 Å².